The minimum atomic E-state index is -1.18. The zero-order valence-corrected chi connectivity index (χ0v) is 10.2. The zero-order valence-electron chi connectivity index (χ0n) is 9.34. The quantitative estimate of drug-likeness (QED) is 0.679. The van der Waals surface area contributed by atoms with Crippen molar-refractivity contribution in [2.24, 2.45) is 0 Å². The van der Waals surface area contributed by atoms with Crippen molar-refractivity contribution >= 4 is 40.1 Å². The molecule has 3 aromatic heterocycles. The number of carbonyl (C=O) groups excluding carboxylic acids is 1. The molecule has 96 valence electrons. The highest BCUT2D eigenvalue weighted by Crippen LogP contribution is 2.25. The summed E-state index contributed by atoms with van der Waals surface area (Å²) < 4.78 is 5.11. The van der Waals surface area contributed by atoms with Gasteiger partial charge in [0, 0.05) is 6.07 Å². The fraction of sp³-hybridized carbons (Fsp3) is 0. The Kier molecular flexibility index (Phi) is 2.57. The molecule has 3 rings (SSSR count). The highest BCUT2D eigenvalue weighted by Gasteiger charge is 2.18. The van der Waals surface area contributed by atoms with E-state index in [0.29, 0.717) is 10.4 Å². The average Bonchev–Trinajstić information content (AvgIpc) is 3.05. The summed E-state index contributed by atoms with van der Waals surface area (Å²) in [5.41, 5.74) is 0.626. The molecule has 0 atom stereocenters. The number of hydrogen-bond acceptors (Lipinski definition) is 5. The normalized spacial score (nSPS) is 10.7. The number of nitrogens with one attached hydrogen (secondary N) is 2. The summed E-state index contributed by atoms with van der Waals surface area (Å²) in [6.07, 6.45) is 0. The number of H-pyrrole nitrogens is 1. The van der Waals surface area contributed by atoms with Gasteiger partial charge in [-0.2, -0.15) is 5.10 Å². The zero-order chi connectivity index (χ0) is 13.4. The number of anilines is 1. The summed E-state index contributed by atoms with van der Waals surface area (Å²) >= 11 is 1.29. The summed E-state index contributed by atoms with van der Waals surface area (Å²) in [5, 5.41) is 19.6. The van der Waals surface area contributed by atoms with Crippen LogP contribution in [0.25, 0.3) is 11.1 Å². The van der Waals surface area contributed by atoms with Crippen molar-refractivity contribution in [1.29, 1.82) is 0 Å². The lowest BCUT2D eigenvalue weighted by atomic mass is 10.4. The van der Waals surface area contributed by atoms with Gasteiger partial charge in [-0.05, 0) is 11.4 Å². The maximum atomic E-state index is 11.8. The molecular formula is C11H7N3O4S. The molecule has 19 heavy (non-hydrogen) atoms. The molecule has 8 heteroatoms. The number of amides is 1. The lowest BCUT2D eigenvalue weighted by molar-refractivity contribution is 0.0665. The van der Waals surface area contributed by atoms with Gasteiger partial charge in [-0.3, -0.25) is 9.89 Å². The molecule has 0 bridgehead atoms. The van der Waals surface area contributed by atoms with Crippen molar-refractivity contribution in [3.8, 4) is 0 Å². The number of hydrogen-bond donors (Lipinski definition) is 3. The third kappa shape index (κ3) is 1.97. The summed E-state index contributed by atoms with van der Waals surface area (Å²) in [4.78, 5) is 23.1. The molecule has 1 amide bonds. The van der Waals surface area contributed by atoms with Crippen LogP contribution in [0, 0.1) is 0 Å². The van der Waals surface area contributed by atoms with E-state index in [9.17, 15) is 9.59 Å². The third-order valence-corrected chi connectivity index (χ3v) is 3.29. The average molecular weight is 277 g/mol. The molecule has 0 radical (unpaired) electrons. The molecule has 0 aromatic carbocycles. The van der Waals surface area contributed by atoms with Gasteiger partial charge in [0.25, 0.3) is 5.91 Å². The lowest BCUT2D eigenvalue weighted by Gasteiger charge is -1.97. The second kappa shape index (κ2) is 4.25. The van der Waals surface area contributed by atoms with Crippen LogP contribution < -0.4 is 5.32 Å². The second-order valence-electron chi connectivity index (χ2n) is 3.66. The molecule has 7 nitrogen and oxygen atoms in total. The van der Waals surface area contributed by atoms with Crippen LogP contribution in [0.3, 0.4) is 0 Å². The van der Waals surface area contributed by atoms with Gasteiger partial charge >= 0.3 is 5.97 Å². The van der Waals surface area contributed by atoms with Gasteiger partial charge in [0.2, 0.25) is 5.76 Å². The van der Waals surface area contributed by atoms with Crippen LogP contribution in [0.2, 0.25) is 0 Å². The van der Waals surface area contributed by atoms with Gasteiger partial charge in [-0.25, -0.2) is 4.79 Å². The fourth-order valence-corrected chi connectivity index (χ4v) is 2.20. The van der Waals surface area contributed by atoms with E-state index in [1.54, 1.807) is 17.5 Å². The summed E-state index contributed by atoms with van der Waals surface area (Å²) in [6.45, 7) is 0. The number of fused-ring (bicyclic) bond motifs is 1. The second-order valence-corrected chi connectivity index (χ2v) is 4.61. The van der Waals surface area contributed by atoms with E-state index >= 15 is 0 Å². The molecule has 3 aromatic rings. The number of furan rings is 1. The number of carboxylic acids is 1. The first kappa shape index (κ1) is 11.5. The Morgan fingerprint density at radius 3 is 3.00 bits per heavy atom. The smallest absolute Gasteiger partial charge is 0.371 e. The number of carbonyl (C=O) groups is 2. The van der Waals surface area contributed by atoms with Gasteiger partial charge in [-0.15, -0.1) is 11.3 Å². The molecule has 0 saturated heterocycles. The molecule has 0 aliphatic heterocycles. The first-order valence-corrected chi connectivity index (χ1v) is 6.09. The molecule has 0 fully saturated rings. The maximum absolute atomic E-state index is 11.8. The van der Waals surface area contributed by atoms with E-state index in [0.717, 1.165) is 0 Å². The predicted octanol–water partition coefficient (Wildman–Crippen LogP) is 2.17. The highest BCUT2D eigenvalue weighted by molar-refractivity contribution is 7.12. The van der Waals surface area contributed by atoms with Crippen LogP contribution >= 0.6 is 11.3 Å². The third-order valence-electron chi connectivity index (χ3n) is 2.42. The van der Waals surface area contributed by atoms with E-state index in [1.807, 2.05) is 0 Å². The van der Waals surface area contributed by atoms with Crippen molar-refractivity contribution in [2.75, 3.05) is 5.32 Å². The van der Waals surface area contributed by atoms with Gasteiger partial charge in [0.05, 0.1) is 4.88 Å². The van der Waals surface area contributed by atoms with Crippen LogP contribution in [0.4, 0.5) is 5.82 Å². The summed E-state index contributed by atoms with van der Waals surface area (Å²) in [5.74, 6) is -1.55. The molecule has 3 N–H and O–H groups in total. The van der Waals surface area contributed by atoms with E-state index in [-0.39, 0.29) is 23.1 Å². The van der Waals surface area contributed by atoms with Gasteiger partial charge < -0.3 is 14.8 Å². The highest BCUT2D eigenvalue weighted by atomic mass is 32.1. The van der Waals surface area contributed by atoms with Gasteiger partial charge in [0.1, 0.15) is 5.52 Å². The Hall–Kier alpha value is -2.61. The summed E-state index contributed by atoms with van der Waals surface area (Å²) in [6, 6.07) is 4.75. The lowest BCUT2D eigenvalue weighted by Crippen LogP contribution is -2.10. The number of aromatic nitrogens is 2. The van der Waals surface area contributed by atoms with Crippen LogP contribution in [-0.4, -0.2) is 27.2 Å². The Morgan fingerprint density at radius 1 is 1.47 bits per heavy atom. The number of aromatic amines is 1. The van der Waals surface area contributed by atoms with Crippen LogP contribution in [0.15, 0.2) is 28.0 Å². The Bertz CT molecular complexity index is 756. The van der Waals surface area contributed by atoms with E-state index in [4.69, 9.17) is 9.52 Å². The van der Waals surface area contributed by atoms with Crippen molar-refractivity contribution in [3.05, 3.63) is 34.2 Å². The van der Waals surface area contributed by atoms with E-state index in [2.05, 4.69) is 15.5 Å². The van der Waals surface area contributed by atoms with Crippen molar-refractivity contribution in [3.63, 3.8) is 0 Å². The van der Waals surface area contributed by atoms with Gasteiger partial charge in [-0.1, -0.05) is 6.07 Å². The van der Waals surface area contributed by atoms with Crippen LogP contribution in [-0.2, 0) is 0 Å². The SMILES string of the molecule is O=C(O)c1cc2[nH]nc(NC(=O)c3cccs3)c2o1. The molecule has 0 unspecified atom stereocenters. The first-order valence-electron chi connectivity index (χ1n) is 5.21. The minimum absolute atomic E-state index is 0.168. The number of carboxylic acid groups (broad SMARTS) is 1. The predicted molar refractivity (Wildman–Crippen MR) is 67.6 cm³/mol. The van der Waals surface area contributed by atoms with Gasteiger partial charge in [0.15, 0.2) is 11.4 Å². The minimum Gasteiger partial charge on any atom is -0.475 e. The molecule has 0 aliphatic rings. The number of nitrogens with zero attached hydrogens (tertiary/aromatic N) is 1. The van der Waals surface area contributed by atoms with E-state index < -0.39 is 5.97 Å². The topological polar surface area (TPSA) is 108 Å². The van der Waals surface area contributed by atoms with E-state index in [1.165, 1.54) is 17.4 Å². The molecular weight excluding hydrogens is 270 g/mol. The maximum Gasteiger partial charge on any atom is 0.371 e. The Balaban J connectivity index is 1.93. The van der Waals surface area contributed by atoms with Crippen LogP contribution in [0.1, 0.15) is 20.2 Å². The monoisotopic (exact) mass is 277 g/mol. The Morgan fingerprint density at radius 2 is 2.32 bits per heavy atom. The number of aromatic carboxylic acids is 1. The number of thiophene rings is 1. The first-order chi connectivity index (χ1) is 9.15. The molecule has 3 heterocycles. The molecule has 0 aliphatic carbocycles. The number of rotatable bonds is 3. The van der Waals surface area contributed by atoms with Crippen molar-refractivity contribution < 1.29 is 19.1 Å². The van der Waals surface area contributed by atoms with Crippen molar-refractivity contribution in [1.82, 2.24) is 10.2 Å². The summed E-state index contributed by atoms with van der Waals surface area (Å²) in [7, 11) is 0. The van der Waals surface area contributed by atoms with Crippen LogP contribution in [0.5, 0.6) is 0 Å². The fourth-order valence-electron chi connectivity index (χ4n) is 1.58. The van der Waals surface area contributed by atoms with Crippen molar-refractivity contribution in [2.45, 2.75) is 0 Å². The standard InChI is InChI=1S/C11H7N3O4S/c15-10(7-2-1-3-19-7)12-9-8-5(13-14-9)4-6(18-8)11(16)17/h1-4H,(H,16,17)(H2,12,13,14,15). The molecule has 0 spiro atoms. The molecule has 0 saturated carbocycles. The largest absolute Gasteiger partial charge is 0.475 e. The Labute approximate surface area is 109 Å².